The summed E-state index contributed by atoms with van der Waals surface area (Å²) in [6, 6.07) is 12.2. The van der Waals surface area contributed by atoms with Gasteiger partial charge in [0.15, 0.2) is 5.96 Å². The first-order valence-electron chi connectivity index (χ1n) is 8.02. The van der Waals surface area contributed by atoms with E-state index in [2.05, 4.69) is 51.6 Å². The molecule has 2 N–H and O–H groups in total. The van der Waals surface area contributed by atoms with Crippen LogP contribution in [-0.4, -0.2) is 37.3 Å². The van der Waals surface area contributed by atoms with Crippen LogP contribution in [0.5, 0.6) is 5.75 Å². The minimum atomic E-state index is 0.691. The lowest BCUT2D eigenvalue weighted by atomic mass is 10.2. The second-order valence-corrected chi connectivity index (χ2v) is 5.36. The number of benzene rings is 1. The van der Waals surface area contributed by atoms with Crippen LogP contribution in [0.1, 0.15) is 12.0 Å². The lowest BCUT2D eigenvalue weighted by molar-refractivity contribution is 0.311. The Morgan fingerprint density at radius 3 is 2.48 bits per heavy atom. The van der Waals surface area contributed by atoms with Gasteiger partial charge in [0.1, 0.15) is 5.75 Å². The summed E-state index contributed by atoms with van der Waals surface area (Å²) in [6.45, 7) is 5.35. The van der Waals surface area contributed by atoms with Gasteiger partial charge in [-0.05, 0) is 37.6 Å². The van der Waals surface area contributed by atoms with Gasteiger partial charge in [-0.15, -0.1) is 0 Å². The fourth-order valence-corrected chi connectivity index (χ4v) is 2.15. The van der Waals surface area contributed by atoms with Gasteiger partial charge < -0.3 is 19.9 Å². The molecule has 0 spiro atoms. The molecular formula is C18H26N4O. The lowest BCUT2D eigenvalue weighted by Gasteiger charge is -2.12. The van der Waals surface area contributed by atoms with Crippen molar-refractivity contribution in [2.75, 3.05) is 26.7 Å². The quantitative estimate of drug-likeness (QED) is 0.447. The minimum absolute atomic E-state index is 0.691. The molecular weight excluding hydrogens is 288 g/mol. The SMILES string of the molecule is CN=C(NCCCOc1ccc(C)cc1)NCCn1cccc1. The van der Waals surface area contributed by atoms with Gasteiger partial charge >= 0.3 is 0 Å². The van der Waals surface area contributed by atoms with Crippen LogP contribution in [0, 0.1) is 6.92 Å². The molecule has 5 nitrogen and oxygen atoms in total. The molecule has 23 heavy (non-hydrogen) atoms. The van der Waals surface area contributed by atoms with E-state index in [0.717, 1.165) is 37.8 Å². The van der Waals surface area contributed by atoms with Gasteiger partial charge in [0, 0.05) is 39.1 Å². The van der Waals surface area contributed by atoms with Crippen molar-refractivity contribution >= 4 is 5.96 Å². The van der Waals surface area contributed by atoms with Crippen LogP contribution in [0.15, 0.2) is 53.8 Å². The number of hydrogen-bond acceptors (Lipinski definition) is 2. The maximum Gasteiger partial charge on any atom is 0.191 e. The summed E-state index contributed by atoms with van der Waals surface area (Å²) in [5.41, 5.74) is 1.24. The van der Waals surface area contributed by atoms with Crippen LogP contribution in [0.2, 0.25) is 0 Å². The molecule has 0 saturated heterocycles. The number of nitrogens with zero attached hydrogens (tertiary/aromatic N) is 2. The van der Waals surface area contributed by atoms with Gasteiger partial charge in [0.2, 0.25) is 0 Å². The smallest absolute Gasteiger partial charge is 0.191 e. The van der Waals surface area contributed by atoms with Gasteiger partial charge in [-0.25, -0.2) is 0 Å². The highest BCUT2D eigenvalue weighted by Gasteiger charge is 1.98. The third-order valence-electron chi connectivity index (χ3n) is 3.46. The molecule has 5 heteroatoms. The molecule has 2 rings (SSSR count). The molecule has 0 unspecified atom stereocenters. The van der Waals surface area contributed by atoms with Crippen molar-refractivity contribution in [2.45, 2.75) is 19.9 Å². The van der Waals surface area contributed by atoms with E-state index in [1.807, 2.05) is 24.3 Å². The molecule has 0 aliphatic carbocycles. The molecule has 0 aliphatic rings. The summed E-state index contributed by atoms with van der Waals surface area (Å²) in [5.74, 6) is 1.75. The van der Waals surface area contributed by atoms with E-state index in [-0.39, 0.29) is 0 Å². The Hall–Kier alpha value is -2.43. The van der Waals surface area contributed by atoms with Crippen molar-refractivity contribution in [3.8, 4) is 5.75 Å². The van der Waals surface area contributed by atoms with Crippen molar-refractivity contribution in [1.29, 1.82) is 0 Å². The maximum atomic E-state index is 5.70. The monoisotopic (exact) mass is 314 g/mol. The average molecular weight is 314 g/mol. The second-order valence-electron chi connectivity index (χ2n) is 5.36. The van der Waals surface area contributed by atoms with E-state index in [4.69, 9.17) is 4.74 Å². The van der Waals surface area contributed by atoms with Gasteiger partial charge in [0.05, 0.1) is 6.61 Å². The zero-order valence-corrected chi connectivity index (χ0v) is 14.0. The molecule has 0 aliphatic heterocycles. The number of guanidine groups is 1. The molecule has 0 bridgehead atoms. The molecule has 0 atom stereocenters. The molecule has 0 saturated carbocycles. The van der Waals surface area contributed by atoms with E-state index in [1.54, 1.807) is 7.05 Å². The Balaban J connectivity index is 1.55. The molecule has 124 valence electrons. The minimum Gasteiger partial charge on any atom is -0.494 e. The second kappa shape index (κ2) is 9.56. The highest BCUT2D eigenvalue weighted by molar-refractivity contribution is 5.79. The number of aliphatic imine (C=N–C) groups is 1. The average Bonchev–Trinajstić information content (AvgIpc) is 3.08. The van der Waals surface area contributed by atoms with Crippen molar-refractivity contribution in [1.82, 2.24) is 15.2 Å². The Labute approximate surface area is 138 Å². The predicted octanol–water partition coefficient (Wildman–Crippen LogP) is 2.43. The first-order chi connectivity index (χ1) is 11.3. The summed E-state index contributed by atoms with van der Waals surface area (Å²) >= 11 is 0. The summed E-state index contributed by atoms with van der Waals surface area (Å²) in [5, 5.41) is 6.59. The summed E-state index contributed by atoms with van der Waals surface area (Å²) in [4.78, 5) is 4.22. The third kappa shape index (κ3) is 6.46. The summed E-state index contributed by atoms with van der Waals surface area (Å²) < 4.78 is 7.84. The van der Waals surface area contributed by atoms with Crippen molar-refractivity contribution < 1.29 is 4.74 Å². The Morgan fingerprint density at radius 2 is 1.78 bits per heavy atom. The van der Waals surface area contributed by atoms with E-state index in [1.165, 1.54) is 5.56 Å². The van der Waals surface area contributed by atoms with Gasteiger partial charge in [-0.3, -0.25) is 4.99 Å². The Morgan fingerprint density at radius 1 is 1.09 bits per heavy atom. The molecule has 1 heterocycles. The van der Waals surface area contributed by atoms with Crippen LogP contribution in [0.4, 0.5) is 0 Å². The predicted molar refractivity (Wildman–Crippen MR) is 95.1 cm³/mol. The molecule has 0 amide bonds. The summed E-state index contributed by atoms with van der Waals surface area (Å²) in [6.07, 6.45) is 5.03. The number of ether oxygens (including phenoxy) is 1. The highest BCUT2D eigenvalue weighted by Crippen LogP contribution is 2.11. The number of hydrogen-bond donors (Lipinski definition) is 2. The van der Waals surface area contributed by atoms with Crippen LogP contribution in [-0.2, 0) is 6.54 Å². The normalized spacial score (nSPS) is 11.3. The van der Waals surface area contributed by atoms with E-state index < -0.39 is 0 Å². The molecule has 1 aromatic carbocycles. The number of aryl methyl sites for hydroxylation is 1. The van der Waals surface area contributed by atoms with Gasteiger partial charge in [-0.1, -0.05) is 17.7 Å². The van der Waals surface area contributed by atoms with Gasteiger partial charge in [-0.2, -0.15) is 0 Å². The molecule has 0 radical (unpaired) electrons. The van der Waals surface area contributed by atoms with Crippen molar-refractivity contribution in [2.24, 2.45) is 4.99 Å². The zero-order chi connectivity index (χ0) is 16.3. The number of rotatable bonds is 8. The fraction of sp³-hybridized carbons (Fsp3) is 0.389. The topological polar surface area (TPSA) is 50.6 Å². The first-order valence-corrected chi connectivity index (χ1v) is 8.02. The largest absolute Gasteiger partial charge is 0.494 e. The lowest BCUT2D eigenvalue weighted by Crippen LogP contribution is -2.39. The Kier molecular flexibility index (Phi) is 7.04. The van der Waals surface area contributed by atoms with Crippen LogP contribution >= 0.6 is 0 Å². The van der Waals surface area contributed by atoms with Crippen LogP contribution < -0.4 is 15.4 Å². The van der Waals surface area contributed by atoms with Crippen LogP contribution in [0.25, 0.3) is 0 Å². The molecule has 2 aromatic rings. The number of nitrogens with one attached hydrogen (secondary N) is 2. The standard InChI is InChI=1S/C18H26N4O/c1-16-6-8-17(9-7-16)23-15-5-10-20-18(19-2)21-11-14-22-12-3-4-13-22/h3-4,6-9,12-13H,5,10-11,14-15H2,1-2H3,(H2,19,20,21). The third-order valence-corrected chi connectivity index (χ3v) is 3.46. The zero-order valence-electron chi connectivity index (χ0n) is 14.0. The van der Waals surface area contributed by atoms with Crippen molar-refractivity contribution in [3.63, 3.8) is 0 Å². The summed E-state index contributed by atoms with van der Waals surface area (Å²) in [7, 11) is 1.79. The van der Waals surface area contributed by atoms with Crippen molar-refractivity contribution in [3.05, 3.63) is 54.4 Å². The first kappa shape index (κ1) is 16.9. The van der Waals surface area contributed by atoms with E-state index in [0.29, 0.717) is 6.61 Å². The maximum absolute atomic E-state index is 5.70. The Bertz CT molecular complexity index is 576. The highest BCUT2D eigenvalue weighted by atomic mass is 16.5. The number of aromatic nitrogens is 1. The van der Waals surface area contributed by atoms with Crippen LogP contribution in [0.3, 0.4) is 0 Å². The van der Waals surface area contributed by atoms with Gasteiger partial charge in [0.25, 0.3) is 0 Å². The van der Waals surface area contributed by atoms with E-state index in [9.17, 15) is 0 Å². The van der Waals surface area contributed by atoms with E-state index >= 15 is 0 Å². The molecule has 1 aromatic heterocycles. The fourth-order valence-electron chi connectivity index (χ4n) is 2.15. The molecule has 0 fully saturated rings.